The van der Waals surface area contributed by atoms with Crippen LogP contribution in [0.15, 0.2) is 24.3 Å². The lowest BCUT2D eigenvalue weighted by Gasteiger charge is -2.23. The third-order valence-corrected chi connectivity index (χ3v) is 7.98. The molecule has 0 saturated carbocycles. The number of thioether (sulfide) groups is 3. The van der Waals surface area contributed by atoms with Crippen molar-refractivity contribution in [2.75, 3.05) is 25.2 Å². The molecule has 2 atom stereocenters. The van der Waals surface area contributed by atoms with E-state index < -0.39 is 0 Å². The van der Waals surface area contributed by atoms with Crippen LogP contribution in [-0.4, -0.2) is 34.9 Å². The second kappa shape index (κ2) is 6.46. The molecule has 1 heterocycles. The van der Waals surface area contributed by atoms with Crippen LogP contribution in [0.5, 0.6) is 5.75 Å². The van der Waals surface area contributed by atoms with E-state index in [2.05, 4.69) is 19.1 Å². The highest BCUT2D eigenvalue weighted by molar-refractivity contribution is 8.28. The highest BCUT2D eigenvalue weighted by atomic mass is 32.2. The maximum atomic E-state index is 8.88. The smallest absolute Gasteiger partial charge is 0.118 e. The highest BCUT2D eigenvalue weighted by Gasteiger charge is 2.38. The monoisotopic (exact) mass is 302 g/mol. The summed E-state index contributed by atoms with van der Waals surface area (Å²) in [6, 6.07) is 8.35. The van der Waals surface area contributed by atoms with Gasteiger partial charge in [-0.25, -0.2) is 0 Å². The van der Waals surface area contributed by atoms with Gasteiger partial charge in [-0.1, -0.05) is 12.1 Å². The van der Waals surface area contributed by atoms with Crippen molar-refractivity contribution >= 4 is 35.3 Å². The Labute approximate surface area is 121 Å². The Morgan fingerprint density at radius 2 is 2.17 bits per heavy atom. The lowest BCUT2D eigenvalue weighted by atomic mass is 10.1. The summed E-state index contributed by atoms with van der Waals surface area (Å²) in [7, 11) is 1.69. The summed E-state index contributed by atoms with van der Waals surface area (Å²) in [5, 5.41) is 8.88. The molecule has 2 nitrogen and oxygen atoms in total. The second-order valence-electron chi connectivity index (χ2n) is 4.13. The number of rotatable bonds is 5. The zero-order valence-electron chi connectivity index (χ0n) is 10.6. The van der Waals surface area contributed by atoms with Gasteiger partial charge in [-0.05, 0) is 24.6 Å². The minimum atomic E-state index is 0.124. The van der Waals surface area contributed by atoms with Crippen molar-refractivity contribution in [1.82, 2.24) is 0 Å². The number of aliphatic hydroxyl groups excluding tert-OH is 1. The van der Waals surface area contributed by atoms with Gasteiger partial charge in [-0.15, -0.1) is 35.3 Å². The Morgan fingerprint density at radius 1 is 1.44 bits per heavy atom. The summed E-state index contributed by atoms with van der Waals surface area (Å²) in [5.41, 5.74) is 1.34. The molecule has 2 unspecified atom stereocenters. The first-order valence-corrected chi connectivity index (χ1v) is 8.78. The Bertz CT molecular complexity index is 382. The van der Waals surface area contributed by atoms with Gasteiger partial charge in [0.25, 0.3) is 0 Å². The molecule has 1 saturated heterocycles. The van der Waals surface area contributed by atoms with Crippen LogP contribution >= 0.6 is 35.3 Å². The molecule has 1 aliphatic rings. The van der Waals surface area contributed by atoms with Gasteiger partial charge in [0.1, 0.15) is 5.75 Å². The predicted octanol–water partition coefficient (Wildman–Crippen LogP) is 3.40. The minimum absolute atomic E-state index is 0.124. The lowest BCUT2D eigenvalue weighted by molar-refractivity contribution is 0.322. The van der Waals surface area contributed by atoms with Crippen LogP contribution in [0.25, 0.3) is 0 Å². The first-order chi connectivity index (χ1) is 8.68. The van der Waals surface area contributed by atoms with Crippen LogP contribution < -0.4 is 4.74 Å². The molecule has 1 aromatic carbocycles. The molecule has 1 N–H and O–H groups in total. The van der Waals surface area contributed by atoms with E-state index in [-0.39, 0.29) is 10.7 Å². The SMILES string of the molecule is COc1ccc(C2(C)SCC(SCCO)S2)cc1. The van der Waals surface area contributed by atoms with Gasteiger partial charge in [-0.3, -0.25) is 0 Å². The van der Waals surface area contributed by atoms with E-state index in [1.165, 1.54) is 5.56 Å². The van der Waals surface area contributed by atoms with Crippen molar-refractivity contribution < 1.29 is 9.84 Å². The molecule has 0 aromatic heterocycles. The molecule has 18 heavy (non-hydrogen) atoms. The summed E-state index contributed by atoms with van der Waals surface area (Å²) in [5.74, 6) is 2.87. The lowest BCUT2D eigenvalue weighted by Crippen LogP contribution is -2.09. The number of benzene rings is 1. The number of aliphatic hydroxyl groups is 1. The highest BCUT2D eigenvalue weighted by Crippen LogP contribution is 2.57. The summed E-state index contributed by atoms with van der Waals surface area (Å²) in [6.45, 7) is 2.55. The van der Waals surface area contributed by atoms with Crippen LogP contribution in [0.2, 0.25) is 0 Å². The van der Waals surface area contributed by atoms with E-state index in [9.17, 15) is 0 Å². The average molecular weight is 302 g/mol. The summed E-state index contributed by atoms with van der Waals surface area (Å²) >= 11 is 5.84. The van der Waals surface area contributed by atoms with Gasteiger partial charge < -0.3 is 9.84 Å². The standard InChI is InChI=1S/C13H18O2S3/c1-13(10-3-5-11(15-2)6-4-10)17-9-12(18-13)16-8-7-14/h3-6,12,14H,7-9H2,1-2H3. The molecule has 0 aliphatic carbocycles. The van der Waals surface area contributed by atoms with E-state index in [0.29, 0.717) is 4.58 Å². The Morgan fingerprint density at radius 3 is 2.78 bits per heavy atom. The van der Waals surface area contributed by atoms with E-state index in [0.717, 1.165) is 17.3 Å². The Hall–Kier alpha value is 0.0300. The largest absolute Gasteiger partial charge is 0.497 e. The van der Waals surface area contributed by atoms with Crippen LogP contribution in [-0.2, 0) is 4.08 Å². The van der Waals surface area contributed by atoms with Gasteiger partial charge in [0.05, 0.1) is 22.4 Å². The van der Waals surface area contributed by atoms with Crippen LogP contribution in [0.1, 0.15) is 12.5 Å². The topological polar surface area (TPSA) is 29.5 Å². The fraction of sp³-hybridized carbons (Fsp3) is 0.538. The molecule has 1 aliphatic heterocycles. The van der Waals surface area contributed by atoms with Gasteiger partial charge >= 0.3 is 0 Å². The predicted molar refractivity (Wildman–Crippen MR) is 83.7 cm³/mol. The number of methoxy groups -OCH3 is 1. The van der Waals surface area contributed by atoms with Crippen LogP contribution in [0, 0.1) is 0 Å². The van der Waals surface area contributed by atoms with Crippen molar-refractivity contribution in [3.63, 3.8) is 0 Å². The molecular formula is C13H18O2S3. The number of hydrogen-bond donors (Lipinski definition) is 1. The molecule has 1 fully saturated rings. The third kappa shape index (κ3) is 3.32. The first-order valence-electron chi connectivity index (χ1n) is 5.87. The Balaban J connectivity index is 2.03. The fourth-order valence-corrected chi connectivity index (χ4v) is 6.97. The van der Waals surface area contributed by atoms with E-state index in [4.69, 9.17) is 9.84 Å². The van der Waals surface area contributed by atoms with Gasteiger partial charge in [-0.2, -0.15) is 0 Å². The van der Waals surface area contributed by atoms with E-state index in [1.807, 2.05) is 47.4 Å². The van der Waals surface area contributed by atoms with E-state index in [1.54, 1.807) is 7.11 Å². The molecule has 1 aromatic rings. The third-order valence-electron chi connectivity index (χ3n) is 2.86. The van der Waals surface area contributed by atoms with Gasteiger partial charge in [0.2, 0.25) is 0 Å². The fourth-order valence-electron chi connectivity index (χ4n) is 1.86. The van der Waals surface area contributed by atoms with Crippen molar-refractivity contribution in [1.29, 1.82) is 0 Å². The normalized spacial score (nSPS) is 27.4. The van der Waals surface area contributed by atoms with Gasteiger partial charge in [0.15, 0.2) is 0 Å². The van der Waals surface area contributed by atoms with Crippen molar-refractivity contribution in [3.8, 4) is 5.75 Å². The quantitative estimate of drug-likeness (QED) is 0.900. The maximum Gasteiger partial charge on any atom is 0.118 e. The maximum absolute atomic E-state index is 8.88. The molecule has 0 amide bonds. The zero-order chi connectivity index (χ0) is 13.0. The number of hydrogen-bond acceptors (Lipinski definition) is 5. The molecule has 2 rings (SSSR count). The van der Waals surface area contributed by atoms with Gasteiger partial charge in [0, 0.05) is 11.5 Å². The zero-order valence-corrected chi connectivity index (χ0v) is 13.0. The van der Waals surface area contributed by atoms with Crippen molar-refractivity contribution in [3.05, 3.63) is 29.8 Å². The van der Waals surface area contributed by atoms with Crippen molar-refractivity contribution in [2.45, 2.75) is 15.6 Å². The molecule has 100 valence electrons. The average Bonchev–Trinajstić information content (AvgIpc) is 2.79. The summed E-state index contributed by atoms with van der Waals surface area (Å²) < 4.78 is 5.90. The van der Waals surface area contributed by atoms with Crippen molar-refractivity contribution in [2.24, 2.45) is 0 Å². The first kappa shape index (κ1) is 14.4. The molecule has 5 heteroatoms. The molecular weight excluding hydrogens is 284 g/mol. The van der Waals surface area contributed by atoms with Crippen LogP contribution in [0.3, 0.4) is 0 Å². The second-order valence-corrected chi connectivity index (χ2v) is 9.05. The molecule has 0 radical (unpaired) electrons. The number of ether oxygens (including phenoxy) is 1. The molecule has 0 bridgehead atoms. The van der Waals surface area contributed by atoms with Crippen LogP contribution in [0.4, 0.5) is 0 Å². The summed E-state index contributed by atoms with van der Waals surface area (Å²) in [4.78, 5) is 0. The Kier molecular flexibility index (Phi) is 5.18. The summed E-state index contributed by atoms with van der Waals surface area (Å²) in [6.07, 6.45) is 0. The molecule has 0 spiro atoms. The van der Waals surface area contributed by atoms with E-state index >= 15 is 0 Å². The minimum Gasteiger partial charge on any atom is -0.497 e.